The Kier molecular flexibility index (Phi) is 7.47. The summed E-state index contributed by atoms with van der Waals surface area (Å²) >= 11 is 6.10. The molecular weight excluding hydrogens is 346 g/mol. The van der Waals surface area contributed by atoms with Gasteiger partial charge in [0.1, 0.15) is 0 Å². The van der Waals surface area contributed by atoms with Crippen LogP contribution in [0.5, 0.6) is 0 Å². The van der Waals surface area contributed by atoms with Gasteiger partial charge in [0.25, 0.3) is 0 Å². The van der Waals surface area contributed by atoms with Gasteiger partial charge in [-0.15, -0.1) is 0 Å². The van der Waals surface area contributed by atoms with Crippen LogP contribution in [0.15, 0.2) is 54.6 Å². The first-order chi connectivity index (χ1) is 12.8. The van der Waals surface area contributed by atoms with Crippen LogP contribution in [0, 0.1) is 0 Å². The highest BCUT2D eigenvalue weighted by atomic mass is 35.5. The van der Waals surface area contributed by atoms with Crippen molar-refractivity contribution in [2.24, 2.45) is 5.73 Å². The molecule has 5 heteroatoms. The van der Waals surface area contributed by atoms with Crippen molar-refractivity contribution in [1.82, 2.24) is 9.80 Å². The summed E-state index contributed by atoms with van der Waals surface area (Å²) in [6, 6.07) is 19.3. The predicted octanol–water partition coefficient (Wildman–Crippen LogP) is 3.02. The number of piperazine rings is 1. The van der Waals surface area contributed by atoms with Crippen LogP contribution in [-0.2, 0) is 4.74 Å². The van der Waals surface area contributed by atoms with E-state index in [1.54, 1.807) is 0 Å². The Bertz CT molecular complexity index is 642. The monoisotopic (exact) mass is 373 g/mol. The minimum Gasteiger partial charge on any atom is -0.379 e. The number of halogens is 1. The molecule has 0 saturated carbocycles. The molecule has 0 spiro atoms. The third-order valence-electron chi connectivity index (χ3n) is 4.89. The molecule has 0 aromatic heterocycles. The lowest BCUT2D eigenvalue weighted by Gasteiger charge is -2.39. The normalized spacial score (nSPS) is 17.3. The Labute approximate surface area is 161 Å². The summed E-state index contributed by atoms with van der Waals surface area (Å²) in [5.74, 6) is 0. The lowest BCUT2D eigenvalue weighted by atomic mass is 9.96. The molecule has 0 bridgehead atoms. The molecular formula is C21H28ClN3O. The fraction of sp³-hybridized carbons (Fsp3) is 0.429. The molecule has 1 unspecified atom stereocenters. The lowest BCUT2D eigenvalue weighted by Crippen LogP contribution is -2.48. The second kappa shape index (κ2) is 10.0. The SMILES string of the molecule is NCCOCCN1CCN(C(c2ccccc2)c2ccc(Cl)cc2)CC1. The van der Waals surface area contributed by atoms with Crippen LogP contribution in [0.4, 0.5) is 0 Å². The molecule has 1 fully saturated rings. The summed E-state index contributed by atoms with van der Waals surface area (Å²) in [6.07, 6.45) is 0. The Hall–Kier alpha value is -1.43. The highest BCUT2D eigenvalue weighted by molar-refractivity contribution is 6.30. The van der Waals surface area contributed by atoms with Gasteiger partial charge in [0.2, 0.25) is 0 Å². The van der Waals surface area contributed by atoms with E-state index in [2.05, 4.69) is 52.3 Å². The van der Waals surface area contributed by atoms with Gasteiger partial charge >= 0.3 is 0 Å². The minimum atomic E-state index is 0.268. The molecule has 4 nitrogen and oxygen atoms in total. The quantitative estimate of drug-likeness (QED) is 0.722. The topological polar surface area (TPSA) is 41.7 Å². The van der Waals surface area contributed by atoms with Gasteiger partial charge in [0.05, 0.1) is 19.3 Å². The number of rotatable bonds is 8. The molecule has 26 heavy (non-hydrogen) atoms. The molecule has 1 saturated heterocycles. The standard InChI is InChI=1S/C21H28ClN3O/c22-20-8-6-19(7-9-20)21(18-4-2-1-3-5-18)25-13-11-24(12-14-25)15-17-26-16-10-23/h1-9,21H,10-17,23H2. The summed E-state index contributed by atoms with van der Waals surface area (Å²) in [5, 5.41) is 0.780. The molecule has 2 N–H and O–H groups in total. The summed E-state index contributed by atoms with van der Waals surface area (Å²) in [5.41, 5.74) is 8.09. The number of benzene rings is 2. The summed E-state index contributed by atoms with van der Waals surface area (Å²) in [7, 11) is 0. The van der Waals surface area contributed by atoms with Crippen molar-refractivity contribution in [2.75, 3.05) is 52.5 Å². The van der Waals surface area contributed by atoms with E-state index in [-0.39, 0.29) is 6.04 Å². The van der Waals surface area contributed by atoms with E-state index in [1.807, 2.05) is 12.1 Å². The average molecular weight is 374 g/mol. The molecule has 3 rings (SSSR count). The maximum atomic E-state index is 6.10. The summed E-state index contributed by atoms with van der Waals surface area (Å²) in [6.45, 7) is 7.17. The number of nitrogens with zero attached hydrogens (tertiary/aromatic N) is 2. The third kappa shape index (κ3) is 5.29. The number of hydrogen-bond donors (Lipinski definition) is 1. The Morgan fingerprint density at radius 3 is 2.19 bits per heavy atom. The summed E-state index contributed by atoms with van der Waals surface area (Å²) in [4.78, 5) is 5.03. The molecule has 1 heterocycles. The fourth-order valence-corrected chi connectivity index (χ4v) is 3.64. The second-order valence-corrected chi connectivity index (χ2v) is 7.08. The Morgan fingerprint density at radius 1 is 0.885 bits per heavy atom. The molecule has 0 radical (unpaired) electrons. The molecule has 1 aliphatic rings. The molecule has 1 atom stereocenters. The van der Waals surface area contributed by atoms with Gasteiger partial charge in [0.15, 0.2) is 0 Å². The third-order valence-corrected chi connectivity index (χ3v) is 5.14. The molecule has 0 amide bonds. The van der Waals surface area contributed by atoms with Crippen LogP contribution < -0.4 is 5.73 Å². The first-order valence-electron chi connectivity index (χ1n) is 9.32. The lowest BCUT2D eigenvalue weighted by molar-refractivity contribution is 0.0692. The van der Waals surface area contributed by atoms with Gasteiger partial charge in [-0.1, -0.05) is 54.1 Å². The van der Waals surface area contributed by atoms with Crippen LogP contribution in [0.25, 0.3) is 0 Å². The fourth-order valence-electron chi connectivity index (χ4n) is 3.52. The van der Waals surface area contributed by atoms with E-state index in [0.717, 1.165) is 44.4 Å². The van der Waals surface area contributed by atoms with Gasteiger partial charge in [-0.05, 0) is 23.3 Å². The van der Waals surface area contributed by atoms with Crippen molar-refractivity contribution in [2.45, 2.75) is 6.04 Å². The Balaban J connectivity index is 1.66. The van der Waals surface area contributed by atoms with E-state index in [1.165, 1.54) is 11.1 Å². The molecule has 140 valence electrons. The maximum absolute atomic E-state index is 6.10. The van der Waals surface area contributed by atoms with E-state index in [0.29, 0.717) is 13.2 Å². The molecule has 0 aliphatic carbocycles. The van der Waals surface area contributed by atoms with Crippen molar-refractivity contribution in [3.8, 4) is 0 Å². The zero-order valence-corrected chi connectivity index (χ0v) is 15.9. The van der Waals surface area contributed by atoms with Gasteiger partial charge in [-0.2, -0.15) is 0 Å². The number of nitrogens with two attached hydrogens (primary N) is 1. The smallest absolute Gasteiger partial charge is 0.0602 e. The first-order valence-corrected chi connectivity index (χ1v) is 9.70. The van der Waals surface area contributed by atoms with E-state index in [4.69, 9.17) is 22.1 Å². The Morgan fingerprint density at radius 2 is 1.54 bits per heavy atom. The predicted molar refractivity (Wildman–Crippen MR) is 108 cm³/mol. The van der Waals surface area contributed by atoms with Crippen molar-refractivity contribution in [1.29, 1.82) is 0 Å². The summed E-state index contributed by atoms with van der Waals surface area (Å²) < 4.78 is 5.52. The molecule has 2 aromatic carbocycles. The van der Waals surface area contributed by atoms with Crippen molar-refractivity contribution in [3.05, 3.63) is 70.7 Å². The van der Waals surface area contributed by atoms with Crippen molar-refractivity contribution in [3.63, 3.8) is 0 Å². The molecule has 1 aliphatic heterocycles. The first kappa shape index (κ1) is 19.3. The van der Waals surface area contributed by atoms with Crippen LogP contribution in [0.2, 0.25) is 5.02 Å². The number of ether oxygens (including phenoxy) is 1. The van der Waals surface area contributed by atoms with Crippen LogP contribution >= 0.6 is 11.6 Å². The zero-order valence-electron chi connectivity index (χ0n) is 15.2. The van der Waals surface area contributed by atoms with Crippen molar-refractivity contribution < 1.29 is 4.74 Å². The highest BCUT2D eigenvalue weighted by Crippen LogP contribution is 2.30. The maximum Gasteiger partial charge on any atom is 0.0602 e. The van der Waals surface area contributed by atoms with E-state index < -0.39 is 0 Å². The van der Waals surface area contributed by atoms with Gasteiger partial charge < -0.3 is 10.5 Å². The van der Waals surface area contributed by atoms with Crippen LogP contribution in [0.1, 0.15) is 17.2 Å². The average Bonchev–Trinajstić information content (AvgIpc) is 2.69. The van der Waals surface area contributed by atoms with Crippen LogP contribution in [0.3, 0.4) is 0 Å². The largest absolute Gasteiger partial charge is 0.379 e. The van der Waals surface area contributed by atoms with Gasteiger partial charge in [-0.25, -0.2) is 0 Å². The van der Waals surface area contributed by atoms with Gasteiger partial charge in [-0.3, -0.25) is 9.80 Å². The minimum absolute atomic E-state index is 0.268. The zero-order chi connectivity index (χ0) is 18.2. The van der Waals surface area contributed by atoms with Crippen molar-refractivity contribution >= 4 is 11.6 Å². The van der Waals surface area contributed by atoms with E-state index >= 15 is 0 Å². The second-order valence-electron chi connectivity index (χ2n) is 6.64. The van der Waals surface area contributed by atoms with E-state index in [9.17, 15) is 0 Å². The van der Waals surface area contributed by atoms with Gasteiger partial charge in [0, 0.05) is 44.3 Å². The number of hydrogen-bond acceptors (Lipinski definition) is 4. The molecule has 2 aromatic rings. The highest BCUT2D eigenvalue weighted by Gasteiger charge is 2.26. The van der Waals surface area contributed by atoms with Crippen LogP contribution in [-0.4, -0.2) is 62.3 Å².